The summed E-state index contributed by atoms with van der Waals surface area (Å²) in [7, 11) is 0. The molecule has 2 heterocycles. The molecule has 20 heavy (non-hydrogen) atoms. The molecule has 0 radical (unpaired) electrons. The zero-order chi connectivity index (χ0) is 13.9. The average Bonchev–Trinajstić information content (AvgIpc) is 2.46. The van der Waals surface area contributed by atoms with Crippen LogP contribution >= 0.6 is 11.6 Å². The lowest BCUT2D eigenvalue weighted by atomic mass is 10.1. The summed E-state index contributed by atoms with van der Waals surface area (Å²) in [6.07, 6.45) is 5.50. The van der Waals surface area contributed by atoms with Crippen LogP contribution < -0.4 is 0 Å². The molecule has 0 saturated heterocycles. The number of hydrogen-bond donors (Lipinski definition) is 0. The molecule has 0 N–H and O–H groups in total. The van der Waals surface area contributed by atoms with E-state index in [1.807, 2.05) is 30.6 Å². The summed E-state index contributed by atoms with van der Waals surface area (Å²) < 4.78 is 0. The Labute approximate surface area is 122 Å². The Balaban J connectivity index is 2.20. The number of fused-ring (bicyclic) bond motifs is 1. The highest BCUT2D eigenvalue weighted by Crippen LogP contribution is 2.27. The Hall–Kier alpha value is -2.00. The summed E-state index contributed by atoms with van der Waals surface area (Å²) in [6.45, 7) is 2.10. The van der Waals surface area contributed by atoms with Crippen molar-refractivity contribution in [3.05, 3.63) is 53.7 Å². The van der Waals surface area contributed by atoms with E-state index in [4.69, 9.17) is 11.6 Å². The van der Waals surface area contributed by atoms with Crippen molar-refractivity contribution in [3.8, 4) is 11.3 Å². The normalized spacial score (nSPS) is 10.9. The Kier molecular flexibility index (Phi) is 3.61. The molecule has 100 valence electrons. The molecule has 0 unspecified atom stereocenters. The Morgan fingerprint density at radius 1 is 1.10 bits per heavy atom. The molecule has 0 aliphatic rings. The zero-order valence-corrected chi connectivity index (χ0v) is 11.9. The van der Waals surface area contributed by atoms with Crippen LogP contribution in [0.15, 0.2) is 42.7 Å². The summed E-state index contributed by atoms with van der Waals surface area (Å²) in [4.78, 5) is 13.2. The van der Waals surface area contributed by atoms with Crippen molar-refractivity contribution in [2.75, 3.05) is 0 Å². The van der Waals surface area contributed by atoms with Gasteiger partial charge in [-0.1, -0.05) is 42.8 Å². The fourth-order valence-electron chi connectivity index (χ4n) is 2.26. The van der Waals surface area contributed by atoms with E-state index in [2.05, 4.69) is 27.9 Å². The van der Waals surface area contributed by atoms with Gasteiger partial charge in [0.15, 0.2) is 0 Å². The molecule has 1 aromatic carbocycles. The number of hydrogen-bond acceptors (Lipinski definition) is 3. The highest BCUT2D eigenvalue weighted by molar-refractivity contribution is 6.29. The number of nitrogens with zero attached hydrogens (tertiary/aromatic N) is 3. The monoisotopic (exact) mass is 283 g/mol. The third-order valence-corrected chi connectivity index (χ3v) is 3.35. The van der Waals surface area contributed by atoms with E-state index >= 15 is 0 Å². The molecule has 4 heteroatoms. The van der Waals surface area contributed by atoms with Gasteiger partial charge in [-0.2, -0.15) is 0 Å². The lowest BCUT2D eigenvalue weighted by molar-refractivity contribution is 0.837. The van der Waals surface area contributed by atoms with E-state index in [9.17, 15) is 0 Å². The predicted molar refractivity (Wildman–Crippen MR) is 81.8 cm³/mol. The first-order chi connectivity index (χ1) is 9.78. The van der Waals surface area contributed by atoms with Gasteiger partial charge in [0.25, 0.3) is 0 Å². The first kappa shape index (κ1) is 13.0. The molecule has 0 spiro atoms. The topological polar surface area (TPSA) is 38.7 Å². The molecule has 3 rings (SSSR count). The van der Waals surface area contributed by atoms with Crippen LogP contribution in [0.3, 0.4) is 0 Å². The van der Waals surface area contributed by atoms with Crippen LogP contribution in [0.1, 0.15) is 19.2 Å². The van der Waals surface area contributed by atoms with E-state index in [1.165, 1.54) is 0 Å². The third-order valence-electron chi connectivity index (χ3n) is 3.16. The van der Waals surface area contributed by atoms with E-state index in [1.54, 1.807) is 6.07 Å². The summed E-state index contributed by atoms with van der Waals surface area (Å²) in [5.74, 6) is 0.780. The van der Waals surface area contributed by atoms with Gasteiger partial charge >= 0.3 is 0 Å². The van der Waals surface area contributed by atoms with Crippen molar-refractivity contribution in [1.29, 1.82) is 0 Å². The minimum Gasteiger partial charge on any atom is -0.263 e. The van der Waals surface area contributed by atoms with Gasteiger partial charge in [0.05, 0.1) is 5.69 Å². The van der Waals surface area contributed by atoms with Crippen LogP contribution in [0.25, 0.3) is 22.0 Å². The molecule has 3 nitrogen and oxygen atoms in total. The second kappa shape index (κ2) is 5.55. The van der Waals surface area contributed by atoms with Gasteiger partial charge < -0.3 is 0 Å². The van der Waals surface area contributed by atoms with Crippen LogP contribution in [0.5, 0.6) is 0 Å². The third kappa shape index (κ3) is 2.49. The van der Waals surface area contributed by atoms with Crippen molar-refractivity contribution in [2.45, 2.75) is 19.8 Å². The number of halogens is 1. The molecule has 0 aliphatic heterocycles. The summed E-state index contributed by atoms with van der Waals surface area (Å²) in [5.41, 5.74) is 1.82. The van der Waals surface area contributed by atoms with E-state index in [-0.39, 0.29) is 0 Å². The molecule has 3 aromatic rings. The molecular weight excluding hydrogens is 270 g/mol. The second-order valence-electron chi connectivity index (χ2n) is 4.65. The van der Waals surface area contributed by atoms with E-state index in [0.717, 1.165) is 40.7 Å². The molecule has 0 bridgehead atoms. The number of benzene rings is 1. The standard InChI is InChI=1S/C16H14ClN3/c1-2-5-16-19-14(8-15(17)20-16)13-10-18-9-11-6-3-4-7-12(11)13/h3-4,6-10H,2,5H2,1H3. The smallest absolute Gasteiger partial charge is 0.133 e. The SMILES string of the molecule is CCCc1nc(Cl)cc(-c2cncc3ccccc23)n1. The molecule has 0 amide bonds. The number of pyridine rings is 1. The Morgan fingerprint density at radius 3 is 2.80 bits per heavy atom. The maximum absolute atomic E-state index is 6.12. The average molecular weight is 284 g/mol. The van der Waals surface area contributed by atoms with Crippen molar-refractivity contribution in [3.63, 3.8) is 0 Å². The van der Waals surface area contributed by atoms with Crippen molar-refractivity contribution < 1.29 is 0 Å². The zero-order valence-electron chi connectivity index (χ0n) is 11.2. The largest absolute Gasteiger partial charge is 0.263 e. The minimum atomic E-state index is 0.478. The van der Waals surface area contributed by atoms with Gasteiger partial charge in [0.2, 0.25) is 0 Å². The first-order valence-corrected chi connectivity index (χ1v) is 7.02. The van der Waals surface area contributed by atoms with Crippen LogP contribution in [-0.4, -0.2) is 15.0 Å². The molecule has 0 atom stereocenters. The fourth-order valence-corrected chi connectivity index (χ4v) is 2.46. The first-order valence-electron chi connectivity index (χ1n) is 6.64. The minimum absolute atomic E-state index is 0.478. The summed E-state index contributed by atoms with van der Waals surface area (Å²) in [5, 5.41) is 2.70. The maximum Gasteiger partial charge on any atom is 0.133 e. The van der Waals surface area contributed by atoms with Crippen LogP contribution in [0, 0.1) is 0 Å². The van der Waals surface area contributed by atoms with Gasteiger partial charge in [0.1, 0.15) is 11.0 Å². The number of aryl methyl sites for hydroxylation is 1. The highest BCUT2D eigenvalue weighted by Gasteiger charge is 2.09. The van der Waals surface area contributed by atoms with Gasteiger partial charge in [-0.25, -0.2) is 9.97 Å². The summed E-state index contributed by atoms with van der Waals surface area (Å²) in [6, 6.07) is 9.93. The van der Waals surface area contributed by atoms with Gasteiger partial charge in [-0.05, 0) is 11.8 Å². The fraction of sp³-hybridized carbons (Fsp3) is 0.188. The summed E-state index contributed by atoms with van der Waals surface area (Å²) >= 11 is 6.12. The number of rotatable bonds is 3. The van der Waals surface area contributed by atoms with Crippen LogP contribution in [0.2, 0.25) is 5.15 Å². The quantitative estimate of drug-likeness (QED) is 0.673. The van der Waals surface area contributed by atoms with Gasteiger partial charge in [-0.15, -0.1) is 0 Å². The van der Waals surface area contributed by atoms with E-state index in [0.29, 0.717) is 5.15 Å². The Morgan fingerprint density at radius 2 is 1.95 bits per heavy atom. The number of aromatic nitrogens is 3. The maximum atomic E-state index is 6.12. The second-order valence-corrected chi connectivity index (χ2v) is 5.04. The van der Waals surface area contributed by atoms with Gasteiger partial charge in [0, 0.05) is 35.8 Å². The molecular formula is C16H14ClN3. The van der Waals surface area contributed by atoms with E-state index < -0.39 is 0 Å². The van der Waals surface area contributed by atoms with Crippen molar-refractivity contribution >= 4 is 22.4 Å². The lowest BCUT2D eigenvalue weighted by Crippen LogP contribution is -1.97. The van der Waals surface area contributed by atoms with Crippen LogP contribution in [0.4, 0.5) is 0 Å². The lowest BCUT2D eigenvalue weighted by Gasteiger charge is -2.07. The highest BCUT2D eigenvalue weighted by atomic mass is 35.5. The van der Waals surface area contributed by atoms with Crippen molar-refractivity contribution in [1.82, 2.24) is 15.0 Å². The van der Waals surface area contributed by atoms with Crippen LogP contribution in [-0.2, 0) is 6.42 Å². The predicted octanol–water partition coefficient (Wildman–Crippen LogP) is 4.30. The molecule has 0 saturated carbocycles. The van der Waals surface area contributed by atoms with Crippen molar-refractivity contribution in [2.24, 2.45) is 0 Å². The molecule has 0 aliphatic carbocycles. The molecule has 0 fully saturated rings. The Bertz CT molecular complexity index is 750. The molecule has 2 aromatic heterocycles. The van der Waals surface area contributed by atoms with Gasteiger partial charge in [-0.3, -0.25) is 4.98 Å².